The lowest BCUT2D eigenvalue weighted by Gasteiger charge is -2.11. The van der Waals surface area contributed by atoms with Crippen LogP contribution in [0.2, 0.25) is 0 Å². The van der Waals surface area contributed by atoms with Crippen molar-refractivity contribution in [1.82, 2.24) is 15.8 Å². The van der Waals surface area contributed by atoms with Gasteiger partial charge in [-0.25, -0.2) is 0 Å². The molecule has 0 saturated heterocycles. The van der Waals surface area contributed by atoms with Gasteiger partial charge < -0.3 is 15.2 Å². The van der Waals surface area contributed by atoms with E-state index in [1.54, 1.807) is 0 Å². The Morgan fingerprint density at radius 1 is 1.37 bits per heavy atom. The van der Waals surface area contributed by atoms with Crippen molar-refractivity contribution in [1.29, 1.82) is 0 Å². The van der Waals surface area contributed by atoms with Gasteiger partial charge in [0.2, 0.25) is 0 Å². The van der Waals surface area contributed by atoms with Crippen LogP contribution in [0.5, 0.6) is 0 Å². The van der Waals surface area contributed by atoms with E-state index in [1.807, 2.05) is 13.8 Å². The Labute approximate surface area is 114 Å². The summed E-state index contributed by atoms with van der Waals surface area (Å²) >= 11 is 0. The van der Waals surface area contributed by atoms with Crippen LogP contribution in [0.4, 0.5) is 0 Å². The van der Waals surface area contributed by atoms with Gasteiger partial charge in [0.05, 0.1) is 5.69 Å². The third-order valence-electron chi connectivity index (χ3n) is 3.40. The maximum Gasteiger partial charge on any atom is 0.191 e. The lowest BCUT2D eigenvalue weighted by molar-refractivity contribution is 0.392. The molecule has 0 amide bonds. The monoisotopic (exact) mass is 264 g/mol. The van der Waals surface area contributed by atoms with Crippen LogP contribution in [0.15, 0.2) is 9.52 Å². The summed E-state index contributed by atoms with van der Waals surface area (Å²) in [6.07, 6.45) is 3.58. The predicted molar refractivity (Wildman–Crippen MR) is 76.4 cm³/mol. The number of hydrogen-bond donors (Lipinski definition) is 2. The second kappa shape index (κ2) is 6.59. The van der Waals surface area contributed by atoms with E-state index in [-0.39, 0.29) is 0 Å². The van der Waals surface area contributed by atoms with Gasteiger partial charge >= 0.3 is 0 Å². The summed E-state index contributed by atoms with van der Waals surface area (Å²) in [5.41, 5.74) is 2.18. The fourth-order valence-electron chi connectivity index (χ4n) is 2.03. The molecular formula is C14H24N4O. The zero-order valence-corrected chi connectivity index (χ0v) is 12.1. The molecule has 5 heteroatoms. The standard InChI is InChI=1S/C14H24N4O/c1-4-15-14(17-9-12-5-6-12)16-8-7-13-10(2)18-19-11(13)3/h12H,4-9H2,1-3H3,(H2,15,16,17). The van der Waals surface area contributed by atoms with Crippen molar-refractivity contribution in [2.24, 2.45) is 10.9 Å². The molecule has 0 aromatic carbocycles. The minimum absolute atomic E-state index is 0.818. The van der Waals surface area contributed by atoms with E-state index in [4.69, 9.17) is 4.52 Å². The summed E-state index contributed by atoms with van der Waals surface area (Å²) < 4.78 is 5.16. The molecule has 19 heavy (non-hydrogen) atoms. The van der Waals surface area contributed by atoms with Crippen molar-refractivity contribution in [3.63, 3.8) is 0 Å². The second-order valence-corrected chi connectivity index (χ2v) is 5.14. The van der Waals surface area contributed by atoms with Crippen LogP contribution in [0, 0.1) is 19.8 Å². The third kappa shape index (κ3) is 4.26. The van der Waals surface area contributed by atoms with Gasteiger partial charge in [0.1, 0.15) is 5.76 Å². The fraction of sp³-hybridized carbons (Fsp3) is 0.714. The van der Waals surface area contributed by atoms with Crippen molar-refractivity contribution < 1.29 is 4.52 Å². The molecule has 5 nitrogen and oxygen atoms in total. The summed E-state index contributed by atoms with van der Waals surface area (Å²) in [6, 6.07) is 0. The van der Waals surface area contributed by atoms with E-state index < -0.39 is 0 Å². The minimum Gasteiger partial charge on any atom is -0.361 e. The second-order valence-electron chi connectivity index (χ2n) is 5.14. The maximum atomic E-state index is 5.16. The number of aliphatic imine (C=N–C) groups is 1. The molecule has 1 aliphatic carbocycles. The van der Waals surface area contributed by atoms with Crippen molar-refractivity contribution in [2.75, 3.05) is 19.6 Å². The topological polar surface area (TPSA) is 62.5 Å². The van der Waals surface area contributed by atoms with Gasteiger partial charge in [0, 0.05) is 25.2 Å². The van der Waals surface area contributed by atoms with Gasteiger partial charge in [0.15, 0.2) is 5.96 Å². The first-order valence-electron chi connectivity index (χ1n) is 7.14. The molecule has 0 unspecified atom stereocenters. The van der Waals surface area contributed by atoms with Gasteiger partial charge in [-0.1, -0.05) is 5.16 Å². The number of nitrogens with zero attached hydrogens (tertiary/aromatic N) is 2. The lowest BCUT2D eigenvalue weighted by Crippen LogP contribution is -2.38. The first-order valence-corrected chi connectivity index (χ1v) is 7.14. The molecule has 1 saturated carbocycles. The zero-order chi connectivity index (χ0) is 13.7. The highest BCUT2D eigenvalue weighted by Gasteiger charge is 2.20. The van der Waals surface area contributed by atoms with Crippen LogP contribution in [-0.2, 0) is 6.42 Å². The van der Waals surface area contributed by atoms with Gasteiger partial charge in [0.25, 0.3) is 0 Å². The molecule has 1 fully saturated rings. The predicted octanol–water partition coefficient (Wildman–Crippen LogP) is 1.80. The van der Waals surface area contributed by atoms with Crippen LogP contribution >= 0.6 is 0 Å². The van der Waals surface area contributed by atoms with E-state index in [2.05, 4.69) is 27.7 Å². The van der Waals surface area contributed by atoms with E-state index >= 15 is 0 Å². The van der Waals surface area contributed by atoms with Crippen LogP contribution in [0.3, 0.4) is 0 Å². The first-order chi connectivity index (χ1) is 9.20. The zero-order valence-electron chi connectivity index (χ0n) is 12.1. The number of aryl methyl sites for hydroxylation is 2. The van der Waals surface area contributed by atoms with E-state index in [1.165, 1.54) is 18.4 Å². The quantitative estimate of drug-likeness (QED) is 0.607. The highest BCUT2D eigenvalue weighted by Crippen LogP contribution is 2.28. The Bertz CT molecular complexity index is 415. The molecule has 1 aromatic heterocycles. The van der Waals surface area contributed by atoms with E-state index in [9.17, 15) is 0 Å². The van der Waals surface area contributed by atoms with Gasteiger partial charge in [-0.3, -0.25) is 4.99 Å². The molecule has 1 aliphatic rings. The van der Waals surface area contributed by atoms with Crippen molar-refractivity contribution in [3.8, 4) is 0 Å². The first kappa shape index (κ1) is 13.9. The summed E-state index contributed by atoms with van der Waals surface area (Å²) in [4.78, 5) is 4.59. The van der Waals surface area contributed by atoms with E-state index in [0.717, 1.165) is 49.4 Å². The molecule has 1 aromatic rings. The summed E-state index contributed by atoms with van der Waals surface area (Å²) in [6.45, 7) is 8.71. The lowest BCUT2D eigenvalue weighted by atomic mass is 10.1. The number of hydrogen-bond acceptors (Lipinski definition) is 3. The summed E-state index contributed by atoms with van der Waals surface area (Å²) in [7, 11) is 0. The Morgan fingerprint density at radius 3 is 2.74 bits per heavy atom. The van der Waals surface area contributed by atoms with Crippen LogP contribution in [0.25, 0.3) is 0 Å². The SMILES string of the molecule is CCNC(=NCC1CC1)NCCc1c(C)noc1C. The van der Waals surface area contributed by atoms with Gasteiger partial charge in [-0.15, -0.1) is 0 Å². The summed E-state index contributed by atoms with van der Waals surface area (Å²) in [5, 5.41) is 10.6. The highest BCUT2D eigenvalue weighted by molar-refractivity contribution is 5.79. The Hall–Kier alpha value is -1.52. The minimum atomic E-state index is 0.818. The number of nitrogens with one attached hydrogen (secondary N) is 2. The molecule has 2 rings (SSSR count). The average molecular weight is 264 g/mol. The molecule has 0 radical (unpaired) electrons. The number of rotatable bonds is 6. The average Bonchev–Trinajstić information content (AvgIpc) is 3.16. The fourth-order valence-corrected chi connectivity index (χ4v) is 2.03. The van der Waals surface area contributed by atoms with E-state index in [0.29, 0.717) is 0 Å². The van der Waals surface area contributed by atoms with Gasteiger partial charge in [-0.05, 0) is 46.0 Å². The molecule has 0 aliphatic heterocycles. The van der Waals surface area contributed by atoms with Gasteiger partial charge in [-0.2, -0.15) is 0 Å². The third-order valence-corrected chi connectivity index (χ3v) is 3.40. The highest BCUT2D eigenvalue weighted by atomic mass is 16.5. The number of guanidine groups is 1. The smallest absolute Gasteiger partial charge is 0.191 e. The molecule has 0 atom stereocenters. The van der Waals surface area contributed by atoms with Crippen molar-refractivity contribution in [3.05, 3.63) is 17.0 Å². The number of aromatic nitrogens is 1. The van der Waals surface area contributed by atoms with Crippen LogP contribution in [-0.4, -0.2) is 30.8 Å². The largest absolute Gasteiger partial charge is 0.361 e. The Balaban J connectivity index is 1.79. The Kier molecular flexibility index (Phi) is 4.82. The maximum absolute atomic E-state index is 5.16. The summed E-state index contributed by atoms with van der Waals surface area (Å²) in [5.74, 6) is 2.65. The molecule has 0 bridgehead atoms. The molecule has 0 spiro atoms. The molecule has 2 N–H and O–H groups in total. The normalized spacial score (nSPS) is 15.6. The molecule has 106 valence electrons. The van der Waals surface area contributed by atoms with Crippen molar-refractivity contribution in [2.45, 2.75) is 40.0 Å². The molecule has 1 heterocycles. The molecular weight excluding hydrogens is 240 g/mol. The van der Waals surface area contributed by atoms with Crippen molar-refractivity contribution >= 4 is 5.96 Å². The van der Waals surface area contributed by atoms with Crippen LogP contribution in [0.1, 0.15) is 36.8 Å². The Morgan fingerprint density at radius 2 is 2.16 bits per heavy atom. The van der Waals surface area contributed by atoms with Crippen LogP contribution < -0.4 is 10.6 Å².